The molecule has 5 rings (SSSR count). The molecule has 0 N–H and O–H groups in total. The molecule has 0 saturated heterocycles. The lowest BCUT2D eigenvalue weighted by molar-refractivity contribution is -0.119. The average Bonchev–Trinajstić information content (AvgIpc) is 3.21. The van der Waals surface area contributed by atoms with Crippen LogP contribution in [0.4, 0.5) is 5.69 Å². The first kappa shape index (κ1) is 15.8. The molecule has 1 atom stereocenters. The van der Waals surface area contributed by atoms with Crippen molar-refractivity contribution in [3.05, 3.63) is 70.8 Å². The number of hydrogen-bond donors (Lipinski definition) is 0. The zero-order chi connectivity index (χ0) is 18.5. The van der Waals surface area contributed by atoms with Crippen LogP contribution in [-0.4, -0.2) is 21.5 Å². The number of nitrogens with zero attached hydrogens (tertiary/aromatic N) is 3. The van der Waals surface area contributed by atoms with Crippen LogP contribution in [0.1, 0.15) is 12.5 Å². The Morgan fingerprint density at radius 2 is 1.96 bits per heavy atom. The molecule has 1 amide bonds. The largest absolute Gasteiger partial charge is 0.448 e. The van der Waals surface area contributed by atoms with Gasteiger partial charge in [0.25, 0.3) is 5.56 Å². The normalized spacial score (nSPS) is 16.2. The highest BCUT2D eigenvalue weighted by Crippen LogP contribution is 2.32. The van der Waals surface area contributed by atoms with E-state index in [1.165, 1.54) is 10.9 Å². The average molecular weight is 359 g/mol. The lowest BCUT2D eigenvalue weighted by atomic mass is 10.1. The van der Waals surface area contributed by atoms with E-state index in [0.29, 0.717) is 11.1 Å². The standard InChI is InChI=1S/C21H17N3O3/c1-13-10-14-6-2-4-8-16(14)24(13)18(25)11-23-12-22-19-15-7-3-5-9-17(15)27-20(19)21(23)26/h2-9,12-13H,10-11H2,1H3. The smallest absolute Gasteiger partial charge is 0.297 e. The number of benzene rings is 2. The summed E-state index contributed by atoms with van der Waals surface area (Å²) in [4.78, 5) is 31.9. The number of anilines is 1. The molecular weight excluding hydrogens is 342 g/mol. The fourth-order valence-electron chi connectivity index (χ4n) is 3.90. The van der Waals surface area contributed by atoms with Crippen LogP contribution in [-0.2, 0) is 17.8 Å². The summed E-state index contributed by atoms with van der Waals surface area (Å²) < 4.78 is 7.01. The van der Waals surface area contributed by atoms with Gasteiger partial charge in [0, 0.05) is 17.1 Å². The van der Waals surface area contributed by atoms with Crippen molar-refractivity contribution in [3.8, 4) is 0 Å². The van der Waals surface area contributed by atoms with E-state index in [-0.39, 0.29) is 29.6 Å². The zero-order valence-electron chi connectivity index (χ0n) is 14.8. The molecule has 0 saturated carbocycles. The molecule has 0 aliphatic carbocycles. The van der Waals surface area contributed by atoms with Gasteiger partial charge in [0.15, 0.2) is 0 Å². The number of furan rings is 1. The highest BCUT2D eigenvalue weighted by atomic mass is 16.3. The van der Waals surface area contributed by atoms with Crippen LogP contribution in [0.5, 0.6) is 0 Å². The molecule has 0 fully saturated rings. The molecular formula is C21H17N3O3. The first-order chi connectivity index (χ1) is 13.1. The summed E-state index contributed by atoms with van der Waals surface area (Å²) in [5, 5.41) is 0.796. The molecule has 1 unspecified atom stereocenters. The van der Waals surface area contributed by atoms with Gasteiger partial charge in [-0.3, -0.25) is 14.2 Å². The van der Waals surface area contributed by atoms with Gasteiger partial charge < -0.3 is 9.32 Å². The molecule has 4 aromatic rings. The highest BCUT2D eigenvalue weighted by Gasteiger charge is 2.30. The van der Waals surface area contributed by atoms with Crippen LogP contribution in [0.3, 0.4) is 0 Å². The molecule has 0 spiro atoms. The summed E-state index contributed by atoms with van der Waals surface area (Å²) in [6.07, 6.45) is 2.24. The first-order valence-electron chi connectivity index (χ1n) is 8.90. The molecule has 27 heavy (non-hydrogen) atoms. The number of para-hydroxylation sites is 2. The molecule has 2 aromatic heterocycles. The molecule has 6 nitrogen and oxygen atoms in total. The molecule has 2 aromatic carbocycles. The summed E-state index contributed by atoms with van der Waals surface area (Å²) in [6.45, 7) is 1.94. The molecule has 1 aliphatic rings. The number of fused-ring (bicyclic) bond motifs is 4. The van der Waals surface area contributed by atoms with Gasteiger partial charge in [-0.05, 0) is 37.1 Å². The van der Waals surface area contributed by atoms with Crippen molar-refractivity contribution in [2.24, 2.45) is 0 Å². The Morgan fingerprint density at radius 1 is 1.19 bits per heavy atom. The maximum Gasteiger partial charge on any atom is 0.297 e. The molecule has 134 valence electrons. The number of carbonyl (C=O) groups excluding carboxylic acids is 1. The maximum atomic E-state index is 13.0. The molecule has 3 heterocycles. The number of hydrogen-bond acceptors (Lipinski definition) is 4. The van der Waals surface area contributed by atoms with Gasteiger partial charge in [0.05, 0.1) is 6.33 Å². The molecule has 1 aliphatic heterocycles. The second-order valence-electron chi connectivity index (χ2n) is 6.90. The predicted molar refractivity (Wildman–Crippen MR) is 103 cm³/mol. The van der Waals surface area contributed by atoms with Gasteiger partial charge >= 0.3 is 0 Å². The first-order valence-corrected chi connectivity index (χ1v) is 8.90. The minimum atomic E-state index is -0.343. The quantitative estimate of drug-likeness (QED) is 0.551. The molecule has 0 bridgehead atoms. The Bertz CT molecular complexity index is 1250. The monoisotopic (exact) mass is 359 g/mol. The Kier molecular flexibility index (Phi) is 3.40. The van der Waals surface area contributed by atoms with E-state index in [9.17, 15) is 9.59 Å². The van der Waals surface area contributed by atoms with E-state index in [0.717, 1.165) is 23.1 Å². The van der Waals surface area contributed by atoms with Gasteiger partial charge in [0.2, 0.25) is 11.5 Å². The third-order valence-electron chi connectivity index (χ3n) is 5.13. The van der Waals surface area contributed by atoms with E-state index in [4.69, 9.17) is 4.42 Å². The fourth-order valence-corrected chi connectivity index (χ4v) is 3.90. The minimum absolute atomic E-state index is 0.0634. The van der Waals surface area contributed by atoms with Crippen LogP contribution < -0.4 is 10.5 Å². The van der Waals surface area contributed by atoms with E-state index < -0.39 is 0 Å². The van der Waals surface area contributed by atoms with E-state index in [1.807, 2.05) is 49.4 Å². The third-order valence-corrected chi connectivity index (χ3v) is 5.13. The Labute approximate surface area is 154 Å². The number of rotatable bonds is 2. The van der Waals surface area contributed by atoms with Gasteiger partial charge in [-0.1, -0.05) is 30.3 Å². The summed E-state index contributed by atoms with van der Waals surface area (Å²) in [6, 6.07) is 15.3. The van der Waals surface area contributed by atoms with Gasteiger partial charge in [-0.15, -0.1) is 0 Å². The second-order valence-corrected chi connectivity index (χ2v) is 6.90. The van der Waals surface area contributed by atoms with Gasteiger partial charge in [-0.25, -0.2) is 4.98 Å². The van der Waals surface area contributed by atoms with Crippen LogP contribution in [0.2, 0.25) is 0 Å². The van der Waals surface area contributed by atoms with Crippen LogP contribution >= 0.6 is 0 Å². The van der Waals surface area contributed by atoms with Gasteiger partial charge in [0.1, 0.15) is 17.6 Å². The number of amides is 1. The SMILES string of the molecule is CC1Cc2ccccc2N1C(=O)Cn1cnc2c(oc3ccccc32)c1=O. The van der Waals surface area contributed by atoms with Crippen molar-refractivity contribution in [1.29, 1.82) is 0 Å². The van der Waals surface area contributed by atoms with E-state index in [1.54, 1.807) is 11.0 Å². The van der Waals surface area contributed by atoms with Crippen molar-refractivity contribution in [2.75, 3.05) is 4.90 Å². The van der Waals surface area contributed by atoms with Crippen molar-refractivity contribution in [3.63, 3.8) is 0 Å². The van der Waals surface area contributed by atoms with Crippen molar-refractivity contribution < 1.29 is 9.21 Å². The predicted octanol–water partition coefficient (Wildman–Crippen LogP) is 3.12. The maximum absolute atomic E-state index is 13.0. The fraction of sp³-hybridized carbons (Fsp3) is 0.190. The minimum Gasteiger partial charge on any atom is -0.448 e. The van der Waals surface area contributed by atoms with Crippen molar-refractivity contribution in [1.82, 2.24) is 9.55 Å². The Hall–Kier alpha value is -3.41. The molecule has 0 radical (unpaired) electrons. The van der Waals surface area contributed by atoms with Crippen molar-refractivity contribution >= 4 is 33.7 Å². The van der Waals surface area contributed by atoms with Gasteiger partial charge in [-0.2, -0.15) is 0 Å². The third kappa shape index (κ3) is 2.37. The second kappa shape index (κ2) is 5.81. The highest BCUT2D eigenvalue weighted by molar-refractivity contribution is 6.02. The summed E-state index contributed by atoms with van der Waals surface area (Å²) >= 11 is 0. The summed E-state index contributed by atoms with van der Waals surface area (Å²) in [7, 11) is 0. The van der Waals surface area contributed by atoms with Crippen LogP contribution in [0, 0.1) is 0 Å². The molecule has 6 heteroatoms. The number of aromatic nitrogens is 2. The topological polar surface area (TPSA) is 68.3 Å². The lowest BCUT2D eigenvalue weighted by Crippen LogP contribution is -2.40. The van der Waals surface area contributed by atoms with E-state index >= 15 is 0 Å². The van der Waals surface area contributed by atoms with Crippen molar-refractivity contribution in [2.45, 2.75) is 25.9 Å². The Morgan fingerprint density at radius 3 is 2.85 bits per heavy atom. The zero-order valence-corrected chi connectivity index (χ0v) is 14.8. The number of carbonyl (C=O) groups is 1. The van der Waals surface area contributed by atoms with Crippen LogP contribution in [0.15, 0.2) is 64.1 Å². The summed E-state index contributed by atoms with van der Waals surface area (Å²) in [5.41, 5.74) is 3.05. The van der Waals surface area contributed by atoms with E-state index in [2.05, 4.69) is 4.98 Å². The summed E-state index contributed by atoms with van der Waals surface area (Å²) in [5.74, 6) is -0.133. The Balaban J connectivity index is 1.53. The van der Waals surface area contributed by atoms with Crippen LogP contribution in [0.25, 0.3) is 22.1 Å². The lowest BCUT2D eigenvalue weighted by Gasteiger charge is -2.23.